The molecule has 2 aromatic rings. The average molecular weight is 395 g/mol. The SMILES string of the molecule is CC(=O)Nc1ccc([I-]c2ccc(COC=N)cc2)cc1. The Morgan fingerprint density at radius 3 is 2.24 bits per heavy atom. The first-order chi connectivity index (χ1) is 10.2. The van der Waals surface area contributed by atoms with Gasteiger partial charge >= 0.3 is 134 Å². The molecule has 2 N–H and O–H groups in total. The predicted molar refractivity (Wildman–Crippen MR) is 78.2 cm³/mol. The van der Waals surface area contributed by atoms with Crippen molar-refractivity contribution in [3.05, 3.63) is 61.2 Å². The van der Waals surface area contributed by atoms with Crippen LogP contribution in [-0.4, -0.2) is 12.3 Å². The summed E-state index contributed by atoms with van der Waals surface area (Å²) >= 11 is -0.230. The molecule has 0 fully saturated rings. The number of amides is 1. The Morgan fingerprint density at radius 1 is 1.14 bits per heavy atom. The van der Waals surface area contributed by atoms with Crippen LogP contribution in [0.1, 0.15) is 12.5 Å². The van der Waals surface area contributed by atoms with Gasteiger partial charge in [0.1, 0.15) is 0 Å². The van der Waals surface area contributed by atoms with Crippen LogP contribution in [0.5, 0.6) is 0 Å². The van der Waals surface area contributed by atoms with Crippen LogP contribution >= 0.6 is 0 Å². The minimum absolute atomic E-state index is 0.0554. The maximum atomic E-state index is 11.0. The molecular formula is C16H16IN2O2-. The zero-order valence-electron chi connectivity index (χ0n) is 11.6. The van der Waals surface area contributed by atoms with Crippen LogP contribution in [0.4, 0.5) is 5.69 Å². The number of hydrogen-bond acceptors (Lipinski definition) is 3. The summed E-state index contributed by atoms with van der Waals surface area (Å²) in [5.41, 5.74) is 1.89. The number of carbonyl (C=O) groups is 1. The molecule has 0 saturated heterocycles. The van der Waals surface area contributed by atoms with Gasteiger partial charge in [-0.3, -0.25) is 0 Å². The van der Waals surface area contributed by atoms with E-state index in [9.17, 15) is 4.79 Å². The molecule has 0 unspecified atom stereocenters. The summed E-state index contributed by atoms with van der Waals surface area (Å²) in [5.74, 6) is -0.0554. The third-order valence-corrected chi connectivity index (χ3v) is 5.31. The Morgan fingerprint density at radius 2 is 1.71 bits per heavy atom. The van der Waals surface area contributed by atoms with Crippen molar-refractivity contribution in [2.24, 2.45) is 0 Å². The van der Waals surface area contributed by atoms with Crippen molar-refractivity contribution in [3.8, 4) is 0 Å². The molecule has 2 aromatic carbocycles. The van der Waals surface area contributed by atoms with Crippen molar-refractivity contribution in [2.75, 3.05) is 5.32 Å². The molecule has 0 bridgehead atoms. The first-order valence-corrected chi connectivity index (χ1v) is 8.55. The Bertz CT molecular complexity index is 609. The summed E-state index contributed by atoms with van der Waals surface area (Å²) < 4.78 is 7.56. The molecular weight excluding hydrogens is 379 g/mol. The van der Waals surface area contributed by atoms with E-state index in [-0.39, 0.29) is 27.1 Å². The van der Waals surface area contributed by atoms with E-state index in [1.807, 2.05) is 24.3 Å². The Kier molecular flexibility index (Phi) is 5.74. The fourth-order valence-corrected chi connectivity index (χ4v) is 3.86. The van der Waals surface area contributed by atoms with Crippen molar-refractivity contribution in [1.82, 2.24) is 0 Å². The van der Waals surface area contributed by atoms with Gasteiger partial charge in [0, 0.05) is 0 Å². The van der Waals surface area contributed by atoms with Crippen LogP contribution in [0, 0.1) is 12.5 Å². The number of ether oxygens (including phenoxy) is 1. The summed E-state index contributed by atoms with van der Waals surface area (Å²) in [5, 5.41) is 9.60. The number of rotatable bonds is 6. The third-order valence-electron chi connectivity index (χ3n) is 2.63. The average Bonchev–Trinajstić information content (AvgIpc) is 2.48. The Hall–Kier alpha value is -1.89. The molecule has 0 aliphatic rings. The molecule has 2 rings (SSSR count). The summed E-state index contributed by atoms with van der Waals surface area (Å²) in [6.07, 6.45) is 0.956. The molecule has 0 heterocycles. The van der Waals surface area contributed by atoms with E-state index in [1.165, 1.54) is 14.1 Å². The number of carbonyl (C=O) groups excluding carboxylic acids is 1. The monoisotopic (exact) mass is 395 g/mol. The van der Waals surface area contributed by atoms with Crippen LogP contribution in [0.3, 0.4) is 0 Å². The maximum absolute atomic E-state index is 11.0. The van der Waals surface area contributed by atoms with E-state index in [0.29, 0.717) is 6.61 Å². The molecule has 1 amide bonds. The van der Waals surface area contributed by atoms with Crippen LogP contribution in [-0.2, 0) is 16.1 Å². The van der Waals surface area contributed by atoms with Gasteiger partial charge in [-0.05, 0) is 0 Å². The summed E-state index contributed by atoms with van der Waals surface area (Å²) in [6.45, 7) is 1.94. The van der Waals surface area contributed by atoms with E-state index in [4.69, 9.17) is 10.1 Å². The molecule has 0 aliphatic carbocycles. The van der Waals surface area contributed by atoms with Crippen molar-refractivity contribution < 1.29 is 30.7 Å². The van der Waals surface area contributed by atoms with Crippen LogP contribution in [0.15, 0.2) is 48.5 Å². The first-order valence-electron chi connectivity index (χ1n) is 6.39. The number of anilines is 1. The molecule has 110 valence electrons. The quantitative estimate of drug-likeness (QED) is 0.408. The molecule has 4 nitrogen and oxygen atoms in total. The number of nitrogens with one attached hydrogen (secondary N) is 2. The second kappa shape index (κ2) is 7.78. The fraction of sp³-hybridized carbons (Fsp3) is 0.125. The molecule has 0 spiro atoms. The molecule has 0 aliphatic heterocycles. The van der Waals surface area contributed by atoms with Gasteiger partial charge in [-0.15, -0.1) is 0 Å². The zero-order valence-corrected chi connectivity index (χ0v) is 13.8. The fourth-order valence-electron chi connectivity index (χ4n) is 1.71. The van der Waals surface area contributed by atoms with E-state index < -0.39 is 0 Å². The second-order valence-electron chi connectivity index (χ2n) is 4.34. The van der Waals surface area contributed by atoms with E-state index in [0.717, 1.165) is 17.7 Å². The van der Waals surface area contributed by atoms with E-state index in [1.54, 1.807) is 0 Å². The van der Waals surface area contributed by atoms with Gasteiger partial charge in [-0.25, -0.2) is 0 Å². The normalized spacial score (nSPS) is 10.1. The molecule has 0 aromatic heterocycles. The first kappa shape index (κ1) is 15.5. The van der Waals surface area contributed by atoms with E-state index in [2.05, 4.69) is 29.6 Å². The van der Waals surface area contributed by atoms with Crippen molar-refractivity contribution in [2.45, 2.75) is 13.5 Å². The third kappa shape index (κ3) is 5.18. The topological polar surface area (TPSA) is 62.2 Å². The van der Waals surface area contributed by atoms with Crippen LogP contribution in [0.2, 0.25) is 0 Å². The van der Waals surface area contributed by atoms with Crippen LogP contribution in [0.25, 0.3) is 0 Å². The van der Waals surface area contributed by atoms with Gasteiger partial charge in [0.2, 0.25) is 0 Å². The number of hydrogen-bond donors (Lipinski definition) is 2. The van der Waals surface area contributed by atoms with Gasteiger partial charge in [-0.2, -0.15) is 0 Å². The summed E-state index contributed by atoms with van der Waals surface area (Å²) in [6, 6.07) is 16.3. The summed E-state index contributed by atoms with van der Waals surface area (Å²) in [4.78, 5) is 11.0. The minimum atomic E-state index is -0.230. The Balaban J connectivity index is 1.97. The zero-order chi connectivity index (χ0) is 15.1. The van der Waals surface area contributed by atoms with Crippen LogP contribution < -0.4 is 26.5 Å². The van der Waals surface area contributed by atoms with Crippen molar-refractivity contribution in [3.63, 3.8) is 0 Å². The molecule has 0 saturated carbocycles. The number of benzene rings is 2. The molecule has 0 radical (unpaired) electrons. The van der Waals surface area contributed by atoms with Gasteiger partial charge < -0.3 is 0 Å². The van der Waals surface area contributed by atoms with Gasteiger partial charge in [0.05, 0.1) is 0 Å². The van der Waals surface area contributed by atoms with Crippen molar-refractivity contribution in [1.29, 1.82) is 5.41 Å². The van der Waals surface area contributed by atoms with Gasteiger partial charge in [-0.1, -0.05) is 0 Å². The molecule has 21 heavy (non-hydrogen) atoms. The second-order valence-corrected chi connectivity index (χ2v) is 7.37. The van der Waals surface area contributed by atoms with Gasteiger partial charge in [0.25, 0.3) is 0 Å². The molecule has 0 atom stereocenters. The number of halogens is 1. The summed E-state index contributed by atoms with van der Waals surface area (Å²) in [7, 11) is 0. The Labute approximate surface area is 134 Å². The van der Waals surface area contributed by atoms with Crippen molar-refractivity contribution >= 4 is 18.0 Å². The standard InChI is InChI=1S/C16H16IN2O2/c1-12(20)19-16-8-6-15(7-9-16)17-14-4-2-13(3-5-14)10-21-11-18/h2-9,11,18H,10H2,1H3,(H,19,20)/q-1. The van der Waals surface area contributed by atoms with Gasteiger partial charge in [0.15, 0.2) is 0 Å². The van der Waals surface area contributed by atoms with E-state index >= 15 is 0 Å². The molecule has 5 heteroatoms. The predicted octanol–water partition coefficient (Wildman–Crippen LogP) is -0.103.